The minimum Gasteiger partial charge on any atom is -0.755 e. The van der Waals surface area contributed by atoms with Crippen molar-refractivity contribution in [2.24, 2.45) is 5.92 Å². The predicted octanol–water partition coefficient (Wildman–Crippen LogP) is 1.84. The van der Waals surface area contributed by atoms with Gasteiger partial charge in [-0.1, -0.05) is 6.42 Å². The highest BCUT2D eigenvalue weighted by Gasteiger charge is 2.30. The number of rotatable bonds is 5. The Balaban J connectivity index is 1.57. The van der Waals surface area contributed by atoms with E-state index in [0.717, 1.165) is 25.6 Å². The highest BCUT2D eigenvalue weighted by atomic mass is 32.2. The topological polar surface area (TPSA) is 75.7 Å². The summed E-state index contributed by atoms with van der Waals surface area (Å²) in [6.07, 6.45) is 4.06. The van der Waals surface area contributed by atoms with Crippen molar-refractivity contribution < 1.29 is 13.6 Å². The molecule has 7 heteroatoms. The van der Waals surface area contributed by atoms with Crippen LogP contribution in [0.25, 0.3) is 0 Å². The number of benzene rings is 1. The number of carbonyl (C=O) groups is 1. The Labute approximate surface area is 145 Å². The van der Waals surface area contributed by atoms with E-state index in [4.69, 9.17) is 0 Å². The summed E-state index contributed by atoms with van der Waals surface area (Å²) in [6, 6.07) is 6.76. The lowest BCUT2D eigenvalue weighted by atomic mass is 9.85. The van der Waals surface area contributed by atoms with Gasteiger partial charge in [0.05, 0.1) is 0 Å². The van der Waals surface area contributed by atoms with E-state index in [9.17, 15) is 13.6 Å². The number of anilines is 1. The molecule has 0 aromatic heterocycles. The molecule has 1 heterocycles. The van der Waals surface area contributed by atoms with Crippen molar-refractivity contribution in [1.29, 1.82) is 0 Å². The van der Waals surface area contributed by atoms with Gasteiger partial charge in [0.25, 0.3) is 5.91 Å². The zero-order valence-electron chi connectivity index (χ0n) is 13.9. The molecule has 1 amide bonds. The first-order valence-corrected chi connectivity index (χ1v) is 9.59. The maximum atomic E-state index is 12.7. The molecule has 1 aromatic carbocycles. The number of carbonyl (C=O) groups excluding carboxylic acids is 1. The molecule has 1 saturated carbocycles. The lowest BCUT2D eigenvalue weighted by Gasteiger charge is -2.42. The SMILES string of the molecule is C[C@@H]1CN(CC2CCC2)CCN1C(=O)c1ccc(NS(=O)[O-])cc1. The fourth-order valence-corrected chi connectivity index (χ4v) is 3.81. The van der Waals surface area contributed by atoms with Crippen molar-refractivity contribution in [3.05, 3.63) is 29.8 Å². The van der Waals surface area contributed by atoms with E-state index < -0.39 is 11.3 Å². The Morgan fingerprint density at radius 1 is 1.29 bits per heavy atom. The molecular weight excluding hydrogens is 326 g/mol. The van der Waals surface area contributed by atoms with Gasteiger partial charge in [-0.25, -0.2) is 0 Å². The Bertz CT molecular complexity index is 604. The molecule has 132 valence electrons. The van der Waals surface area contributed by atoms with Gasteiger partial charge in [0, 0.05) is 54.7 Å². The van der Waals surface area contributed by atoms with Crippen LogP contribution in [0.15, 0.2) is 24.3 Å². The summed E-state index contributed by atoms with van der Waals surface area (Å²) in [7, 11) is 0. The molecule has 1 saturated heterocycles. The van der Waals surface area contributed by atoms with Gasteiger partial charge in [0.1, 0.15) is 0 Å². The fourth-order valence-electron chi connectivity index (χ4n) is 3.48. The van der Waals surface area contributed by atoms with Gasteiger partial charge in [0.2, 0.25) is 0 Å². The van der Waals surface area contributed by atoms with Gasteiger partial charge in [-0.05, 0) is 49.9 Å². The molecule has 1 N–H and O–H groups in total. The van der Waals surface area contributed by atoms with Crippen molar-refractivity contribution in [3.8, 4) is 0 Å². The molecule has 1 aliphatic heterocycles. The summed E-state index contributed by atoms with van der Waals surface area (Å²) in [5, 5.41) is 0. The number of nitrogens with zero attached hydrogens (tertiary/aromatic N) is 2. The zero-order chi connectivity index (χ0) is 17.1. The third-order valence-corrected chi connectivity index (χ3v) is 5.45. The Morgan fingerprint density at radius 3 is 2.54 bits per heavy atom. The van der Waals surface area contributed by atoms with Gasteiger partial charge in [0.15, 0.2) is 0 Å². The Kier molecular flexibility index (Phi) is 5.53. The minimum atomic E-state index is -2.35. The van der Waals surface area contributed by atoms with E-state index in [1.165, 1.54) is 25.8 Å². The number of hydrogen-bond acceptors (Lipinski definition) is 4. The smallest absolute Gasteiger partial charge is 0.254 e. The molecule has 3 rings (SSSR count). The number of hydrogen-bond donors (Lipinski definition) is 1. The van der Waals surface area contributed by atoms with Crippen LogP contribution in [-0.4, -0.2) is 56.7 Å². The average Bonchev–Trinajstić information content (AvgIpc) is 2.51. The van der Waals surface area contributed by atoms with E-state index in [1.807, 2.05) is 4.90 Å². The normalized spacial score (nSPS) is 23.6. The van der Waals surface area contributed by atoms with Crippen molar-refractivity contribution in [2.45, 2.75) is 32.2 Å². The summed E-state index contributed by atoms with van der Waals surface area (Å²) >= 11 is -2.35. The third-order valence-electron chi connectivity index (χ3n) is 5.05. The Hall–Kier alpha value is -1.44. The van der Waals surface area contributed by atoms with Crippen LogP contribution >= 0.6 is 0 Å². The lowest BCUT2D eigenvalue weighted by molar-refractivity contribution is 0.0424. The molecule has 2 aliphatic rings. The van der Waals surface area contributed by atoms with Crippen LogP contribution in [0, 0.1) is 5.92 Å². The predicted molar refractivity (Wildman–Crippen MR) is 93.3 cm³/mol. The summed E-state index contributed by atoms with van der Waals surface area (Å²) in [6.45, 7) is 5.87. The highest BCUT2D eigenvalue weighted by Crippen LogP contribution is 2.28. The molecule has 1 unspecified atom stereocenters. The first-order valence-electron chi connectivity index (χ1n) is 8.52. The van der Waals surface area contributed by atoms with Crippen molar-refractivity contribution in [1.82, 2.24) is 9.80 Å². The molecular formula is C17H24N3O3S-. The highest BCUT2D eigenvalue weighted by molar-refractivity contribution is 7.80. The molecule has 1 aromatic rings. The second kappa shape index (κ2) is 7.63. The van der Waals surface area contributed by atoms with Gasteiger partial charge >= 0.3 is 0 Å². The van der Waals surface area contributed by atoms with Gasteiger partial charge in [-0.3, -0.25) is 13.9 Å². The third kappa shape index (κ3) is 4.15. The summed E-state index contributed by atoms with van der Waals surface area (Å²) in [4.78, 5) is 17.1. The molecule has 0 bridgehead atoms. The quantitative estimate of drug-likeness (QED) is 0.822. The minimum absolute atomic E-state index is 0.0144. The second-order valence-electron chi connectivity index (χ2n) is 6.82. The van der Waals surface area contributed by atoms with E-state index in [0.29, 0.717) is 11.3 Å². The van der Waals surface area contributed by atoms with Gasteiger partial charge in [-0.15, -0.1) is 0 Å². The summed E-state index contributed by atoms with van der Waals surface area (Å²) in [5.41, 5.74) is 1.05. The van der Waals surface area contributed by atoms with E-state index in [-0.39, 0.29) is 11.9 Å². The maximum absolute atomic E-state index is 12.7. The largest absolute Gasteiger partial charge is 0.755 e. The summed E-state index contributed by atoms with van der Waals surface area (Å²) in [5.74, 6) is 0.867. The van der Waals surface area contributed by atoms with E-state index >= 15 is 0 Å². The zero-order valence-corrected chi connectivity index (χ0v) is 14.8. The van der Waals surface area contributed by atoms with E-state index in [2.05, 4.69) is 16.5 Å². The first kappa shape index (κ1) is 17.4. The molecule has 2 fully saturated rings. The molecule has 2 atom stereocenters. The van der Waals surface area contributed by atoms with Crippen LogP contribution in [0.2, 0.25) is 0 Å². The number of piperazine rings is 1. The van der Waals surface area contributed by atoms with Crippen LogP contribution in [0.4, 0.5) is 5.69 Å². The van der Waals surface area contributed by atoms with E-state index in [1.54, 1.807) is 24.3 Å². The Morgan fingerprint density at radius 2 is 2.00 bits per heavy atom. The summed E-state index contributed by atoms with van der Waals surface area (Å²) < 4.78 is 23.5. The van der Waals surface area contributed by atoms with Crippen LogP contribution in [0.3, 0.4) is 0 Å². The molecule has 0 spiro atoms. The lowest BCUT2D eigenvalue weighted by Crippen LogP contribution is -2.55. The van der Waals surface area contributed by atoms with Crippen molar-refractivity contribution in [3.63, 3.8) is 0 Å². The second-order valence-corrected chi connectivity index (χ2v) is 7.49. The average molecular weight is 350 g/mol. The number of nitrogens with one attached hydrogen (secondary N) is 1. The first-order chi connectivity index (χ1) is 11.5. The van der Waals surface area contributed by atoms with Crippen LogP contribution in [0.1, 0.15) is 36.5 Å². The van der Waals surface area contributed by atoms with Crippen LogP contribution < -0.4 is 4.72 Å². The van der Waals surface area contributed by atoms with Gasteiger partial charge < -0.3 is 14.2 Å². The van der Waals surface area contributed by atoms with Gasteiger partial charge in [-0.2, -0.15) is 0 Å². The van der Waals surface area contributed by atoms with Crippen molar-refractivity contribution >= 4 is 22.9 Å². The fraction of sp³-hybridized carbons (Fsp3) is 0.588. The standard InChI is InChI=1S/C17H25N3O3S/c1-13-11-19(12-14-3-2-4-14)9-10-20(13)17(21)15-5-7-16(8-6-15)18-24(22)23/h5-8,13-14,18H,2-4,9-12H2,1H3,(H,22,23)/p-1/t13-/m1/s1. The molecule has 24 heavy (non-hydrogen) atoms. The monoisotopic (exact) mass is 350 g/mol. The van der Waals surface area contributed by atoms with Crippen LogP contribution in [0.5, 0.6) is 0 Å². The van der Waals surface area contributed by atoms with Crippen molar-refractivity contribution in [2.75, 3.05) is 30.9 Å². The maximum Gasteiger partial charge on any atom is 0.254 e. The molecule has 1 aliphatic carbocycles. The van der Waals surface area contributed by atoms with Crippen LogP contribution in [-0.2, 0) is 11.3 Å². The molecule has 0 radical (unpaired) electrons. The number of amides is 1. The molecule has 6 nitrogen and oxygen atoms in total.